The average Bonchev–Trinajstić information content (AvgIpc) is 2.72. The summed E-state index contributed by atoms with van der Waals surface area (Å²) in [5.74, 6) is -2.07. The third-order valence-corrected chi connectivity index (χ3v) is 3.77. The molecule has 0 aliphatic heterocycles. The van der Waals surface area contributed by atoms with Gasteiger partial charge in [-0.25, -0.2) is 9.59 Å². The number of nitrogens with zero attached hydrogens (tertiary/aromatic N) is 1. The van der Waals surface area contributed by atoms with E-state index < -0.39 is 17.8 Å². The second kappa shape index (κ2) is 10.3. The minimum Gasteiger partial charge on any atom is -0.478 e. The maximum absolute atomic E-state index is 12.2. The number of carbonyl (C=O) groups excluding carboxylic acids is 2. The Bertz CT molecular complexity index is 957. The van der Waals surface area contributed by atoms with Gasteiger partial charge in [0, 0.05) is 18.4 Å². The number of amides is 1. The van der Waals surface area contributed by atoms with Gasteiger partial charge in [0.25, 0.3) is 5.91 Å². The largest absolute Gasteiger partial charge is 0.478 e. The molecule has 0 heterocycles. The van der Waals surface area contributed by atoms with Crippen LogP contribution in [0, 0.1) is 11.3 Å². The van der Waals surface area contributed by atoms with Crippen molar-refractivity contribution in [2.45, 2.75) is 13.5 Å². The molecule has 0 fully saturated rings. The van der Waals surface area contributed by atoms with E-state index in [-0.39, 0.29) is 17.7 Å². The molecule has 0 saturated carbocycles. The van der Waals surface area contributed by atoms with Crippen molar-refractivity contribution < 1.29 is 24.2 Å². The predicted octanol–water partition coefficient (Wildman–Crippen LogP) is 2.70. The minimum atomic E-state index is -1.01. The lowest BCUT2D eigenvalue weighted by Gasteiger charge is -2.07. The molecular formula is C21H19N3O5. The second-order valence-electron chi connectivity index (χ2n) is 5.80. The van der Waals surface area contributed by atoms with E-state index in [4.69, 9.17) is 9.84 Å². The molecule has 0 radical (unpaired) electrons. The number of esters is 1. The maximum atomic E-state index is 12.2. The molecule has 0 aliphatic carbocycles. The van der Waals surface area contributed by atoms with E-state index in [1.807, 2.05) is 6.07 Å². The highest BCUT2D eigenvalue weighted by molar-refractivity contribution is 6.06. The molecule has 0 aromatic heterocycles. The molecule has 8 nitrogen and oxygen atoms in total. The van der Waals surface area contributed by atoms with E-state index in [0.717, 1.165) is 5.56 Å². The van der Waals surface area contributed by atoms with Crippen molar-refractivity contribution >= 4 is 23.5 Å². The number of hydrogen-bond acceptors (Lipinski definition) is 6. The average molecular weight is 393 g/mol. The van der Waals surface area contributed by atoms with E-state index in [0.29, 0.717) is 17.8 Å². The molecule has 0 bridgehead atoms. The van der Waals surface area contributed by atoms with Crippen LogP contribution in [0.25, 0.3) is 0 Å². The quantitative estimate of drug-likeness (QED) is 0.357. The monoisotopic (exact) mass is 393 g/mol. The molecular weight excluding hydrogens is 374 g/mol. The Kier molecular flexibility index (Phi) is 7.51. The number of ether oxygens (including phenoxy) is 1. The Hall–Kier alpha value is -4.12. The van der Waals surface area contributed by atoms with Crippen LogP contribution in [-0.4, -0.2) is 29.6 Å². The number of carbonyl (C=O) groups is 3. The number of carboxylic acids is 1. The Morgan fingerprint density at radius 3 is 2.24 bits per heavy atom. The fraction of sp³-hybridized carbons (Fsp3) is 0.143. The highest BCUT2D eigenvalue weighted by Gasteiger charge is 2.11. The van der Waals surface area contributed by atoms with E-state index in [9.17, 15) is 19.6 Å². The summed E-state index contributed by atoms with van der Waals surface area (Å²) in [7, 11) is 0. The fourth-order valence-corrected chi connectivity index (χ4v) is 2.29. The Balaban J connectivity index is 1.94. The van der Waals surface area contributed by atoms with Crippen molar-refractivity contribution in [3.8, 4) is 6.07 Å². The first-order valence-electron chi connectivity index (χ1n) is 8.69. The summed E-state index contributed by atoms with van der Waals surface area (Å²) < 4.78 is 4.89. The molecule has 3 N–H and O–H groups in total. The summed E-state index contributed by atoms with van der Waals surface area (Å²) in [6.45, 7) is 2.29. The number of nitriles is 1. The molecule has 2 aromatic rings. The lowest BCUT2D eigenvalue weighted by Crippen LogP contribution is -2.16. The Morgan fingerprint density at radius 2 is 1.69 bits per heavy atom. The van der Waals surface area contributed by atoms with Gasteiger partial charge in [-0.05, 0) is 48.9 Å². The highest BCUT2D eigenvalue weighted by atomic mass is 16.5. The first-order valence-corrected chi connectivity index (χ1v) is 8.69. The zero-order chi connectivity index (χ0) is 21.2. The van der Waals surface area contributed by atoms with Gasteiger partial charge in [0.05, 0.1) is 17.7 Å². The Labute approximate surface area is 167 Å². The summed E-state index contributed by atoms with van der Waals surface area (Å²) in [5.41, 5.74) is 1.61. The van der Waals surface area contributed by atoms with Gasteiger partial charge in [0.15, 0.2) is 0 Å². The van der Waals surface area contributed by atoms with Gasteiger partial charge in [0.1, 0.15) is 11.6 Å². The van der Waals surface area contributed by atoms with Gasteiger partial charge in [-0.15, -0.1) is 0 Å². The summed E-state index contributed by atoms with van der Waals surface area (Å²) in [6.07, 6.45) is 1.29. The lowest BCUT2D eigenvalue weighted by molar-refractivity contribution is -0.112. The van der Waals surface area contributed by atoms with E-state index in [1.165, 1.54) is 42.6 Å². The number of carboxylic acid groups (broad SMARTS) is 1. The van der Waals surface area contributed by atoms with Crippen LogP contribution in [0.5, 0.6) is 0 Å². The molecule has 1 amide bonds. The van der Waals surface area contributed by atoms with Crippen LogP contribution < -0.4 is 10.6 Å². The smallest absolute Gasteiger partial charge is 0.338 e. The maximum Gasteiger partial charge on any atom is 0.338 e. The van der Waals surface area contributed by atoms with Gasteiger partial charge in [-0.3, -0.25) is 4.79 Å². The number of nitrogens with one attached hydrogen (secondary N) is 2. The fourth-order valence-electron chi connectivity index (χ4n) is 2.29. The number of aromatic carboxylic acids is 1. The van der Waals surface area contributed by atoms with Gasteiger partial charge in [-0.1, -0.05) is 12.1 Å². The van der Waals surface area contributed by atoms with Crippen LogP contribution in [0.3, 0.4) is 0 Å². The third kappa shape index (κ3) is 6.22. The highest BCUT2D eigenvalue weighted by Crippen LogP contribution is 2.12. The SMILES string of the molecule is CCOC(=O)c1ccc(NC(=O)/C(C#N)=C\NCc2ccc(C(=O)O)cc2)cc1. The van der Waals surface area contributed by atoms with Gasteiger partial charge in [0.2, 0.25) is 0 Å². The van der Waals surface area contributed by atoms with E-state index in [1.54, 1.807) is 19.1 Å². The topological polar surface area (TPSA) is 129 Å². The standard InChI is InChI=1S/C21H19N3O5/c1-2-29-21(28)16-7-9-18(10-8-16)24-19(25)17(11-22)13-23-12-14-3-5-15(6-4-14)20(26)27/h3-10,13,23H,2,12H2,1H3,(H,24,25)(H,26,27)/b17-13-. The van der Waals surface area contributed by atoms with E-state index >= 15 is 0 Å². The third-order valence-electron chi connectivity index (χ3n) is 3.77. The molecule has 0 unspecified atom stereocenters. The number of hydrogen-bond donors (Lipinski definition) is 3. The molecule has 0 aliphatic rings. The lowest BCUT2D eigenvalue weighted by atomic mass is 10.1. The molecule has 148 valence electrons. The molecule has 0 spiro atoms. The summed E-state index contributed by atoms with van der Waals surface area (Å²) in [4.78, 5) is 34.7. The Morgan fingerprint density at radius 1 is 1.07 bits per heavy atom. The first kappa shape index (κ1) is 21.2. The zero-order valence-corrected chi connectivity index (χ0v) is 15.6. The molecule has 8 heteroatoms. The normalized spacial score (nSPS) is 10.6. The van der Waals surface area contributed by atoms with Crippen molar-refractivity contribution in [2.75, 3.05) is 11.9 Å². The van der Waals surface area contributed by atoms with Crippen molar-refractivity contribution in [1.82, 2.24) is 5.32 Å². The molecule has 2 aromatic carbocycles. The van der Waals surface area contributed by atoms with Crippen molar-refractivity contribution in [1.29, 1.82) is 5.26 Å². The zero-order valence-electron chi connectivity index (χ0n) is 15.6. The van der Waals surface area contributed by atoms with Crippen LogP contribution in [0.1, 0.15) is 33.2 Å². The van der Waals surface area contributed by atoms with Crippen LogP contribution in [0.4, 0.5) is 5.69 Å². The van der Waals surface area contributed by atoms with Crippen molar-refractivity contribution in [2.24, 2.45) is 0 Å². The summed E-state index contributed by atoms with van der Waals surface area (Å²) in [6, 6.07) is 14.1. The van der Waals surface area contributed by atoms with Crippen molar-refractivity contribution in [3.63, 3.8) is 0 Å². The molecule has 2 rings (SSSR count). The number of anilines is 1. The molecule has 0 saturated heterocycles. The van der Waals surface area contributed by atoms with Crippen LogP contribution >= 0.6 is 0 Å². The van der Waals surface area contributed by atoms with Gasteiger partial charge < -0.3 is 20.5 Å². The number of rotatable bonds is 8. The van der Waals surface area contributed by atoms with Crippen LogP contribution in [-0.2, 0) is 16.1 Å². The van der Waals surface area contributed by atoms with E-state index in [2.05, 4.69) is 10.6 Å². The predicted molar refractivity (Wildman–Crippen MR) is 105 cm³/mol. The van der Waals surface area contributed by atoms with Crippen LogP contribution in [0.2, 0.25) is 0 Å². The second-order valence-corrected chi connectivity index (χ2v) is 5.80. The first-order chi connectivity index (χ1) is 13.9. The summed E-state index contributed by atoms with van der Waals surface area (Å²) >= 11 is 0. The minimum absolute atomic E-state index is 0.137. The molecule has 29 heavy (non-hydrogen) atoms. The number of benzene rings is 2. The van der Waals surface area contributed by atoms with Crippen molar-refractivity contribution in [3.05, 3.63) is 77.0 Å². The molecule has 0 atom stereocenters. The van der Waals surface area contributed by atoms with Crippen LogP contribution in [0.15, 0.2) is 60.3 Å². The van der Waals surface area contributed by atoms with Gasteiger partial charge >= 0.3 is 11.9 Å². The van der Waals surface area contributed by atoms with Gasteiger partial charge in [-0.2, -0.15) is 5.26 Å². The summed E-state index contributed by atoms with van der Waals surface area (Å²) in [5, 5.41) is 23.5.